The van der Waals surface area contributed by atoms with Gasteiger partial charge in [-0.25, -0.2) is 4.98 Å². The lowest BCUT2D eigenvalue weighted by atomic mass is 10.1. The summed E-state index contributed by atoms with van der Waals surface area (Å²) in [7, 11) is 0. The molecule has 2 atom stereocenters. The lowest BCUT2D eigenvalue weighted by Crippen LogP contribution is -2.34. The highest BCUT2D eigenvalue weighted by molar-refractivity contribution is 8.13. The molecule has 1 aromatic heterocycles. The van der Waals surface area contributed by atoms with Crippen molar-refractivity contribution in [3.05, 3.63) is 52.5 Å². The zero-order chi connectivity index (χ0) is 17.2. The minimum atomic E-state index is -1.04. The van der Waals surface area contributed by atoms with Gasteiger partial charge in [-0.15, -0.1) is 0 Å². The van der Waals surface area contributed by atoms with E-state index < -0.39 is 5.79 Å². The molecule has 0 amide bonds. The Morgan fingerprint density at radius 2 is 2.33 bits per heavy atom. The first-order valence-corrected chi connectivity index (χ1v) is 9.09. The second-order valence-electron chi connectivity index (χ2n) is 5.47. The number of nitrogens with zero attached hydrogens (tertiary/aromatic N) is 2. The van der Waals surface area contributed by atoms with Gasteiger partial charge in [0.25, 0.3) is 0 Å². The number of carbonyl (C=O) groups is 1. The van der Waals surface area contributed by atoms with E-state index in [1.54, 1.807) is 24.7 Å². The Kier molecular flexibility index (Phi) is 5.52. The summed E-state index contributed by atoms with van der Waals surface area (Å²) in [5.41, 5.74) is 0.706. The minimum absolute atomic E-state index is 0.0511. The highest BCUT2D eigenvalue weighted by Crippen LogP contribution is 2.41. The molecule has 0 unspecified atom stereocenters. The molecular formula is C16H16Cl2N2O3S. The van der Waals surface area contributed by atoms with Crippen LogP contribution in [0.5, 0.6) is 0 Å². The van der Waals surface area contributed by atoms with E-state index in [9.17, 15) is 4.79 Å². The Labute approximate surface area is 154 Å². The number of carbonyl (C=O) groups excluding carboxylic acids is 1. The molecule has 24 heavy (non-hydrogen) atoms. The summed E-state index contributed by atoms with van der Waals surface area (Å²) in [6, 6.07) is 5.23. The average molecular weight is 387 g/mol. The van der Waals surface area contributed by atoms with Gasteiger partial charge in [-0.2, -0.15) is 0 Å². The molecule has 8 heteroatoms. The lowest BCUT2D eigenvalue weighted by molar-refractivity contribution is -0.184. The highest BCUT2D eigenvalue weighted by atomic mass is 35.5. The van der Waals surface area contributed by atoms with Gasteiger partial charge >= 0.3 is 0 Å². The Morgan fingerprint density at radius 1 is 1.50 bits per heavy atom. The van der Waals surface area contributed by atoms with Crippen molar-refractivity contribution < 1.29 is 14.3 Å². The molecule has 0 saturated carbocycles. The van der Waals surface area contributed by atoms with Gasteiger partial charge in [0, 0.05) is 35.7 Å². The molecule has 0 aliphatic carbocycles. The van der Waals surface area contributed by atoms with Crippen molar-refractivity contribution in [3.63, 3.8) is 0 Å². The Balaban J connectivity index is 1.89. The first kappa shape index (κ1) is 17.8. The van der Waals surface area contributed by atoms with Gasteiger partial charge in [0.05, 0.1) is 30.6 Å². The van der Waals surface area contributed by atoms with E-state index in [4.69, 9.17) is 32.7 Å². The van der Waals surface area contributed by atoms with Crippen molar-refractivity contribution in [3.8, 4) is 0 Å². The molecule has 3 rings (SSSR count). The van der Waals surface area contributed by atoms with Gasteiger partial charge in [0.2, 0.25) is 5.79 Å². The van der Waals surface area contributed by atoms with Crippen molar-refractivity contribution in [1.29, 1.82) is 0 Å². The van der Waals surface area contributed by atoms with Gasteiger partial charge in [-0.05, 0) is 12.1 Å². The van der Waals surface area contributed by atoms with E-state index in [0.29, 0.717) is 34.5 Å². The summed E-state index contributed by atoms with van der Waals surface area (Å²) in [6.45, 7) is 2.32. The van der Waals surface area contributed by atoms with E-state index in [1.165, 1.54) is 18.7 Å². The molecule has 1 aromatic carbocycles. The van der Waals surface area contributed by atoms with Crippen molar-refractivity contribution in [1.82, 2.24) is 9.55 Å². The summed E-state index contributed by atoms with van der Waals surface area (Å²) in [6.07, 6.45) is 5.01. The van der Waals surface area contributed by atoms with Crippen LogP contribution in [0.4, 0.5) is 0 Å². The molecule has 1 fully saturated rings. The molecule has 128 valence electrons. The fraction of sp³-hybridized carbons (Fsp3) is 0.375. The summed E-state index contributed by atoms with van der Waals surface area (Å²) in [5, 5.41) is 1.07. The Bertz CT molecular complexity index is 726. The maximum atomic E-state index is 11.2. The highest BCUT2D eigenvalue weighted by Gasteiger charge is 2.45. The number of hydrogen-bond acceptors (Lipinski definition) is 5. The van der Waals surface area contributed by atoms with E-state index in [-0.39, 0.29) is 11.2 Å². The van der Waals surface area contributed by atoms with E-state index in [1.807, 2.05) is 16.8 Å². The number of thioether (sulfide) groups is 1. The fourth-order valence-corrected chi connectivity index (χ4v) is 3.72. The Morgan fingerprint density at radius 3 is 3.00 bits per heavy atom. The summed E-state index contributed by atoms with van der Waals surface area (Å²) < 4.78 is 14.1. The van der Waals surface area contributed by atoms with E-state index >= 15 is 0 Å². The van der Waals surface area contributed by atoms with Gasteiger partial charge in [-0.3, -0.25) is 4.79 Å². The molecule has 0 N–H and O–H groups in total. The summed E-state index contributed by atoms with van der Waals surface area (Å²) in [4.78, 5) is 15.3. The number of halogens is 2. The second-order valence-corrected chi connectivity index (χ2v) is 7.51. The molecule has 5 nitrogen and oxygen atoms in total. The largest absolute Gasteiger partial charge is 0.342 e. The third kappa shape index (κ3) is 3.95. The molecule has 0 spiro atoms. The molecule has 0 bridgehead atoms. The third-order valence-corrected chi connectivity index (χ3v) is 5.12. The van der Waals surface area contributed by atoms with Gasteiger partial charge in [0.15, 0.2) is 5.12 Å². The average Bonchev–Trinajstić information content (AvgIpc) is 3.16. The van der Waals surface area contributed by atoms with Crippen molar-refractivity contribution in [2.24, 2.45) is 0 Å². The number of benzene rings is 1. The normalized spacial score (nSPS) is 23.5. The third-order valence-electron chi connectivity index (χ3n) is 3.62. The predicted molar refractivity (Wildman–Crippen MR) is 94.3 cm³/mol. The maximum absolute atomic E-state index is 11.2. The van der Waals surface area contributed by atoms with Gasteiger partial charge in [0.1, 0.15) is 0 Å². The van der Waals surface area contributed by atoms with Crippen LogP contribution in [-0.2, 0) is 26.6 Å². The number of hydrogen-bond donors (Lipinski definition) is 0. The molecule has 2 aromatic rings. The Hall–Kier alpha value is -1.05. The van der Waals surface area contributed by atoms with Gasteiger partial charge < -0.3 is 14.0 Å². The molecule has 1 aliphatic rings. The van der Waals surface area contributed by atoms with Crippen LogP contribution in [0.2, 0.25) is 10.0 Å². The van der Waals surface area contributed by atoms with E-state index in [2.05, 4.69) is 4.98 Å². The lowest BCUT2D eigenvalue weighted by Gasteiger charge is -2.29. The van der Waals surface area contributed by atoms with Crippen LogP contribution in [0.15, 0.2) is 36.9 Å². The van der Waals surface area contributed by atoms with Gasteiger partial charge in [-0.1, -0.05) is 41.0 Å². The SMILES string of the molecule is CC(=O)SC[C@@H]1CO[C@@](Cn2ccnc2)(c2ccc(Cl)cc2Cl)O1. The zero-order valence-corrected chi connectivity index (χ0v) is 15.3. The first-order chi connectivity index (χ1) is 11.5. The topological polar surface area (TPSA) is 53.4 Å². The number of rotatable bonds is 5. The molecule has 0 radical (unpaired) electrons. The molecule has 1 aliphatic heterocycles. The monoisotopic (exact) mass is 386 g/mol. The van der Waals surface area contributed by atoms with Crippen LogP contribution in [0.3, 0.4) is 0 Å². The van der Waals surface area contributed by atoms with Crippen LogP contribution in [-0.4, -0.2) is 33.1 Å². The van der Waals surface area contributed by atoms with Crippen LogP contribution >= 0.6 is 35.0 Å². The number of imidazole rings is 1. The predicted octanol–water partition coefficient (Wildman–Crippen LogP) is 3.74. The van der Waals surface area contributed by atoms with Crippen LogP contribution < -0.4 is 0 Å². The second kappa shape index (κ2) is 7.45. The van der Waals surface area contributed by atoms with Crippen LogP contribution in [0.25, 0.3) is 0 Å². The van der Waals surface area contributed by atoms with Crippen molar-refractivity contribution in [2.75, 3.05) is 12.4 Å². The first-order valence-electron chi connectivity index (χ1n) is 7.35. The molecule has 1 saturated heterocycles. The summed E-state index contributed by atoms with van der Waals surface area (Å²) in [5.74, 6) is -0.503. The maximum Gasteiger partial charge on any atom is 0.215 e. The van der Waals surface area contributed by atoms with Crippen LogP contribution in [0, 0.1) is 0 Å². The smallest absolute Gasteiger partial charge is 0.215 e. The van der Waals surface area contributed by atoms with Crippen molar-refractivity contribution in [2.45, 2.75) is 25.4 Å². The summed E-state index contributed by atoms with van der Waals surface area (Å²) >= 11 is 13.6. The fourth-order valence-electron chi connectivity index (χ4n) is 2.59. The quantitative estimate of drug-likeness (QED) is 0.783. The van der Waals surface area contributed by atoms with Crippen LogP contribution in [0.1, 0.15) is 12.5 Å². The molecule has 2 heterocycles. The molecular weight excluding hydrogens is 371 g/mol. The standard InChI is InChI=1S/C16H16Cl2N2O3S/c1-11(21)24-8-13-7-22-16(23-13,9-20-5-4-19-10-20)14-3-2-12(17)6-15(14)18/h2-6,10,13H,7-9H2,1H3/t13-,16+/m0/s1. The number of aromatic nitrogens is 2. The minimum Gasteiger partial charge on any atom is -0.342 e. The van der Waals surface area contributed by atoms with Crippen molar-refractivity contribution >= 4 is 40.1 Å². The number of ether oxygens (including phenoxy) is 2. The zero-order valence-electron chi connectivity index (χ0n) is 12.9. The van der Waals surface area contributed by atoms with E-state index in [0.717, 1.165) is 0 Å².